The van der Waals surface area contributed by atoms with Gasteiger partial charge in [0, 0.05) is 17.5 Å². The number of aromatic carboxylic acids is 1. The van der Waals surface area contributed by atoms with Crippen molar-refractivity contribution in [3.63, 3.8) is 0 Å². The van der Waals surface area contributed by atoms with Gasteiger partial charge in [-0.15, -0.1) is 10.2 Å². The van der Waals surface area contributed by atoms with E-state index in [-0.39, 0.29) is 117 Å². The molecule has 5 aromatic rings. The summed E-state index contributed by atoms with van der Waals surface area (Å²) in [6.45, 7) is 0. The molecule has 0 radical (unpaired) electrons. The third-order valence-corrected chi connectivity index (χ3v) is 8.49. The number of anilines is 1. The number of benzene rings is 5. The van der Waals surface area contributed by atoms with Crippen molar-refractivity contribution < 1.29 is 140 Å². The van der Waals surface area contributed by atoms with Gasteiger partial charge in [-0.25, -0.2) is 0 Å². The number of nitro benzene ring substituents is 1. The van der Waals surface area contributed by atoms with E-state index in [4.69, 9.17) is 5.73 Å². The predicted octanol–water partition coefficient (Wildman–Crippen LogP) is -4.41. The SMILES string of the molecule is Nc1c(N=Nc2ccc([N+](=O)[O-])cc2)c(S(=O)(=O)O)cc2cc(S(=O)(=O)O)c(N=Nc3ccc(N=Nc4ccc([O-])c(C(=O)[O-])c4)cc3)c([O-])c12.[Na+].[Na+].[Na+]. The van der Waals surface area contributed by atoms with Crippen LogP contribution in [0.1, 0.15) is 10.4 Å². The molecule has 25 heteroatoms. The minimum absolute atomic E-state index is 0. The number of hydrogen-bond donors (Lipinski definition) is 3. The van der Waals surface area contributed by atoms with E-state index in [1.807, 2.05) is 0 Å². The summed E-state index contributed by atoms with van der Waals surface area (Å²) < 4.78 is 68.9. The quantitative estimate of drug-likeness (QED) is 0.0300. The monoisotopic (exact) mass is 802 g/mol. The minimum atomic E-state index is -5.21. The molecule has 20 nitrogen and oxygen atoms in total. The number of nitrogen functional groups attached to an aromatic ring is 1. The Bertz CT molecular complexity index is 2570. The molecule has 0 amide bonds. The standard InChI is InChI=1S/C29H20N8O12S2.3Na/c30-25-24-14(11-22(50(44,45)46)26(25)35-32-17-5-8-19(9-6-17)37(42)43)12-23(51(47,48)49)27(28(24)39)36-33-16-3-1-15(2-4-16)31-34-18-7-10-21(38)20(13-18)29(40)41;;;/h1-13,38-39H,30H2,(H,40,41)(H,44,45,46)(H,47,48,49);;;/q;3*+1/p-3. The fourth-order valence-electron chi connectivity index (χ4n) is 4.38. The van der Waals surface area contributed by atoms with Gasteiger partial charge < -0.3 is 25.8 Å². The van der Waals surface area contributed by atoms with Crippen molar-refractivity contribution >= 4 is 82.5 Å². The van der Waals surface area contributed by atoms with Crippen LogP contribution in [-0.2, 0) is 20.2 Å². The summed E-state index contributed by atoms with van der Waals surface area (Å²) in [5.74, 6) is -3.71. The van der Waals surface area contributed by atoms with Gasteiger partial charge in [0.05, 0.1) is 45.0 Å². The molecular weight excluding hydrogens is 785 g/mol. The van der Waals surface area contributed by atoms with Gasteiger partial charge >= 0.3 is 88.7 Å². The van der Waals surface area contributed by atoms with Crippen molar-refractivity contribution in [2.45, 2.75) is 9.79 Å². The number of carboxylic acid groups (broad SMARTS) is 1. The molecule has 0 aliphatic rings. The van der Waals surface area contributed by atoms with Crippen LogP contribution in [0.5, 0.6) is 11.5 Å². The Morgan fingerprint density at radius 1 is 0.648 bits per heavy atom. The molecule has 5 rings (SSSR count). The molecule has 0 atom stereocenters. The molecule has 0 bridgehead atoms. The first kappa shape index (κ1) is 46.4. The summed E-state index contributed by atoms with van der Waals surface area (Å²) in [7, 11) is -10.4. The summed E-state index contributed by atoms with van der Waals surface area (Å²) in [5, 5.41) is 69.0. The van der Waals surface area contributed by atoms with Gasteiger partial charge in [0.1, 0.15) is 15.5 Å². The first-order valence-corrected chi connectivity index (χ1v) is 16.5. The molecular formula is C29H17N8Na3O12S2. The van der Waals surface area contributed by atoms with Crippen molar-refractivity contribution in [3.05, 3.63) is 94.5 Å². The molecule has 0 aliphatic heterocycles. The Hall–Kier alpha value is -3.75. The summed E-state index contributed by atoms with van der Waals surface area (Å²) in [5.41, 5.74) is 3.11. The number of nitrogens with zero attached hydrogens (tertiary/aromatic N) is 7. The fourth-order valence-corrected chi connectivity index (χ4v) is 5.71. The molecule has 0 spiro atoms. The molecule has 0 fully saturated rings. The first-order chi connectivity index (χ1) is 23.9. The van der Waals surface area contributed by atoms with E-state index < -0.39 is 85.8 Å². The summed E-state index contributed by atoms with van der Waals surface area (Å²) in [6.07, 6.45) is 0. The summed E-state index contributed by atoms with van der Waals surface area (Å²) in [4.78, 5) is 19.2. The number of carbonyl (C=O) groups is 1. The number of hydrogen-bond acceptors (Lipinski definition) is 17. The second-order valence-corrected chi connectivity index (χ2v) is 12.9. The third kappa shape index (κ3) is 10.7. The molecule has 5 aromatic carbocycles. The number of non-ortho nitro benzene ring substituents is 1. The average molecular weight is 803 g/mol. The number of fused-ring (bicyclic) bond motifs is 1. The third-order valence-electron chi connectivity index (χ3n) is 6.76. The molecule has 0 unspecified atom stereocenters. The van der Waals surface area contributed by atoms with Crippen LogP contribution in [0.15, 0.2) is 119 Å². The van der Waals surface area contributed by atoms with Crippen molar-refractivity contribution in [2.24, 2.45) is 30.7 Å². The smallest absolute Gasteiger partial charge is 0.872 e. The van der Waals surface area contributed by atoms with E-state index in [0.717, 1.165) is 24.3 Å². The van der Waals surface area contributed by atoms with Gasteiger partial charge in [-0.1, -0.05) is 17.6 Å². The molecule has 0 aromatic heterocycles. The van der Waals surface area contributed by atoms with Crippen LogP contribution >= 0.6 is 0 Å². The van der Waals surface area contributed by atoms with Crippen LogP contribution in [0, 0.1) is 10.1 Å². The normalized spacial score (nSPS) is 11.7. The number of azo groups is 3. The van der Waals surface area contributed by atoms with Crippen LogP contribution in [0.3, 0.4) is 0 Å². The molecule has 0 heterocycles. The number of nitrogens with two attached hydrogens (primary N) is 1. The Balaban J connectivity index is 0.00000336. The minimum Gasteiger partial charge on any atom is -0.872 e. The number of rotatable bonds is 10. The van der Waals surface area contributed by atoms with E-state index in [9.17, 15) is 56.2 Å². The Morgan fingerprint density at radius 3 is 1.52 bits per heavy atom. The average Bonchev–Trinajstić information content (AvgIpc) is 3.06. The van der Waals surface area contributed by atoms with E-state index >= 15 is 0 Å². The van der Waals surface area contributed by atoms with Gasteiger partial charge in [-0.05, 0) is 71.6 Å². The van der Waals surface area contributed by atoms with Crippen molar-refractivity contribution in [1.29, 1.82) is 0 Å². The number of nitro groups is 1. The molecule has 0 saturated carbocycles. The zero-order valence-electron chi connectivity index (χ0n) is 28.0. The molecule has 0 saturated heterocycles. The zero-order chi connectivity index (χ0) is 37.2. The van der Waals surface area contributed by atoms with Gasteiger partial charge in [0.25, 0.3) is 25.9 Å². The Kier molecular flexibility index (Phi) is 16.1. The maximum Gasteiger partial charge on any atom is 1.00 e. The summed E-state index contributed by atoms with van der Waals surface area (Å²) in [6, 6.07) is 14.4. The maximum absolute atomic E-state index is 13.6. The van der Waals surface area contributed by atoms with Gasteiger partial charge in [-0.2, -0.15) is 37.3 Å². The second kappa shape index (κ2) is 18.7. The van der Waals surface area contributed by atoms with Gasteiger partial charge in [0.2, 0.25) is 0 Å². The van der Waals surface area contributed by atoms with Crippen LogP contribution in [-0.4, -0.2) is 36.8 Å². The summed E-state index contributed by atoms with van der Waals surface area (Å²) >= 11 is 0. The maximum atomic E-state index is 13.6. The molecule has 4 N–H and O–H groups in total. The topological polar surface area (TPSA) is 338 Å². The van der Waals surface area contributed by atoms with Crippen LogP contribution < -0.4 is 110 Å². The van der Waals surface area contributed by atoms with Crippen LogP contribution in [0.25, 0.3) is 10.8 Å². The van der Waals surface area contributed by atoms with Crippen molar-refractivity contribution in [1.82, 2.24) is 0 Å². The van der Waals surface area contributed by atoms with Crippen molar-refractivity contribution in [2.75, 3.05) is 5.73 Å². The van der Waals surface area contributed by atoms with E-state index in [1.54, 1.807) is 0 Å². The fraction of sp³-hybridized carbons (Fsp3) is 0. The number of carboxylic acids is 1. The van der Waals surface area contributed by atoms with Crippen molar-refractivity contribution in [3.8, 4) is 11.5 Å². The first-order valence-electron chi connectivity index (χ1n) is 13.6. The van der Waals surface area contributed by atoms with E-state index in [0.29, 0.717) is 12.1 Å². The molecule has 54 heavy (non-hydrogen) atoms. The van der Waals surface area contributed by atoms with Crippen LogP contribution in [0.4, 0.5) is 45.5 Å². The van der Waals surface area contributed by atoms with Gasteiger partial charge in [0.15, 0.2) is 0 Å². The van der Waals surface area contributed by atoms with Gasteiger partial charge in [-0.3, -0.25) is 19.2 Å². The zero-order valence-corrected chi connectivity index (χ0v) is 35.6. The molecule has 260 valence electrons. The van der Waals surface area contributed by atoms with E-state index in [1.165, 1.54) is 42.5 Å². The molecule has 0 aliphatic carbocycles. The number of carbonyl (C=O) groups excluding carboxylic acids is 1. The van der Waals surface area contributed by atoms with E-state index in [2.05, 4.69) is 30.7 Å². The Labute approximate surface area is 370 Å². The predicted molar refractivity (Wildman–Crippen MR) is 170 cm³/mol. The Morgan fingerprint density at radius 2 is 1.06 bits per heavy atom. The van der Waals surface area contributed by atoms with Crippen LogP contribution in [0.2, 0.25) is 0 Å². The second-order valence-electron chi connectivity index (χ2n) is 10.1. The largest absolute Gasteiger partial charge is 1.00 e.